The summed E-state index contributed by atoms with van der Waals surface area (Å²) in [5.74, 6) is -3.66. The fourth-order valence-electron chi connectivity index (χ4n) is 1.75. The summed E-state index contributed by atoms with van der Waals surface area (Å²) in [6, 6.07) is 10.1. The SMILES string of the molecule is O=C(O)c1ccc(Sc2ccc(C(=O)O)c(C(=O)O)c2)cc1. The highest BCUT2D eigenvalue weighted by Gasteiger charge is 2.16. The summed E-state index contributed by atoms with van der Waals surface area (Å²) in [4.78, 5) is 34.1. The van der Waals surface area contributed by atoms with E-state index in [1.165, 1.54) is 42.1 Å². The first-order valence-corrected chi connectivity index (χ1v) is 6.82. The molecular formula is C15H10O6S. The zero-order valence-electron chi connectivity index (χ0n) is 11.0. The van der Waals surface area contributed by atoms with Crippen LogP contribution in [0.25, 0.3) is 0 Å². The van der Waals surface area contributed by atoms with E-state index in [-0.39, 0.29) is 16.7 Å². The van der Waals surface area contributed by atoms with Crippen molar-refractivity contribution in [3.8, 4) is 0 Å². The lowest BCUT2D eigenvalue weighted by molar-refractivity contribution is 0.0651. The van der Waals surface area contributed by atoms with Crippen LogP contribution >= 0.6 is 11.8 Å². The predicted octanol–water partition coefficient (Wildman–Crippen LogP) is 2.93. The molecule has 0 heterocycles. The fourth-order valence-corrected chi connectivity index (χ4v) is 2.61. The summed E-state index contributed by atoms with van der Waals surface area (Å²) in [6.45, 7) is 0. The smallest absolute Gasteiger partial charge is 0.336 e. The molecule has 0 fully saturated rings. The van der Waals surface area contributed by atoms with E-state index in [1.54, 1.807) is 12.1 Å². The van der Waals surface area contributed by atoms with Crippen molar-refractivity contribution in [3.63, 3.8) is 0 Å². The molecule has 0 aliphatic carbocycles. The highest BCUT2D eigenvalue weighted by atomic mass is 32.2. The summed E-state index contributed by atoms with van der Waals surface area (Å²) in [5, 5.41) is 26.8. The van der Waals surface area contributed by atoms with Crippen molar-refractivity contribution in [3.05, 3.63) is 59.2 Å². The summed E-state index contributed by atoms with van der Waals surface area (Å²) in [7, 11) is 0. The number of carboxylic acid groups (broad SMARTS) is 3. The number of hydrogen-bond acceptors (Lipinski definition) is 4. The first-order valence-electron chi connectivity index (χ1n) is 6.00. The first kappa shape index (κ1) is 15.6. The fraction of sp³-hybridized carbons (Fsp3) is 0. The molecule has 112 valence electrons. The minimum atomic E-state index is -1.32. The van der Waals surface area contributed by atoms with Crippen LogP contribution in [-0.2, 0) is 0 Å². The lowest BCUT2D eigenvalue weighted by Gasteiger charge is -2.06. The van der Waals surface area contributed by atoms with Gasteiger partial charge in [-0.25, -0.2) is 14.4 Å². The van der Waals surface area contributed by atoms with E-state index < -0.39 is 17.9 Å². The van der Waals surface area contributed by atoms with Gasteiger partial charge in [0.05, 0.1) is 16.7 Å². The van der Waals surface area contributed by atoms with Crippen LogP contribution in [0.5, 0.6) is 0 Å². The average Bonchev–Trinajstić information content (AvgIpc) is 2.47. The molecule has 2 aromatic rings. The molecule has 6 nitrogen and oxygen atoms in total. The number of hydrogen-bond donors (Lipinski definition) is 3. The lowest BCUT2D eigenvalue weighted by atomic mass is 10.1. The van der Waals surface area contributed by atoms with Gasteiger partial charge < -0.3 is 15.3 Å². The van der Waals surface area contributed by atoms with Gasteiger partial charge in [-0.3, -0.25) is 0 Å². The zero-order valence-corrected chi connectivity index (χ0v) is 11.8. The van der Waals surface area contributed by atoms with Crippen molar-refractivity contribution < 1.29 is 29.7 Å². The molecule has 22 heavy (non-hydrogen) atoms. The molecule has 0 amide bonds. The van der Waals surface area contributed by atoms with Crippen LogP contribution < -0.4 is 0 Å². The van der Waals surface area contributed by atoms with Crippen LogP contribution in [0.3, 0.4) is 0 Å². The molecule has 0 bridgehead atoms. The van der Waals surface area contributed by atoms with Crippen LogP contribution in [-0.4, -0.2) is 33.2 Å². The van der Waals surface area contributed by atoms with Crippen molar-refractivity contribution >= 4 is 29.7 Å². The monoisotopic (exact) mass is 318 g/mol. The molecule has 0 spiro atoms. The Balaban J connectivity index is 2.30. The van der Waals surface area contributed by atoms with Crippen molar-refractivity contribution in [1.82, 2.24) is 0 Å². The second-order valence-electron chi connectivity index (χ2n) is 4.25. The van der Waals surface area contributed by atoms with E-state index in [1.807, 2.05) is 0 Å². The molecule has 3 N–H and O–H groups in total. The van der Waals surface area contributed by atoms with Crippen LogP contribution in [0.2, 0.25) is 0 Å². The third kappa shape index (κ3) is 3.44. The van der Waals surface area contributed by atoms with Crippen LogP contribution in [0, 0.1) is 0 Å². The van der Waals surface area contributed by atoms with Crippen molar-refractivity contribution in [2.24, 2.45) is 0 Å². The van der Waals surface area contributed by atoms with Crippen LogP contribution in [0.4, 0.5) is 0 Å². The zero-order chi connectivity index (χ0) is 16.3. The molecule has 2 aromatic carbocycles. The molecule has 7 heteroatoms. The third-order valence-corrected chi connectivity index (χ3v) is 3.79. The van der Waals surface area contributed by atoms with Gasteiger partial charge in [0.2, 0.25) is 0 Å². The Bertz CT molecular complexity index is 751. The van der Waals surface area contributed by atoms with Gasteiger partial charge >= 0.3 is 17.9 Å². The van der Waals surface area contributed by atoms with Gasteiger partial charge in [-0.2, -0.15) is 0 Å². The summed E-state index contributed by atoms with van der Waals surface area (Å²) in [6.07, 6.45) is 0. The quantitative estimate of drug-likeness (QED) is 0.777. The first-order chi connectivity index (χ1) is 10.4. The molecule has 0 aliphatic rings. The van der Waals surface area contributed by atoms with Gasteiger partial charge in [-0.1, -0.05) is 11.8 Å². The number of benzene rings is 2. The molecule has 0 aliphatic heterocycles. The van der Waals surface area contributed by atoms with Gasteiger partial charge in [0.15, 0.2) is 0 Å². The van der Waals surface area contributed by atoms with Crippen molar-refractivity contribution in [1.29, 1.82) is 0 Å². The second kappa shape index (κ2) is 6.31. The van der Waals surface area contributed by atoms with Crippen molar-refractivity contribution in [2.45, 2.75) is 9.79 Å². The molecule has 0 aromatic heterocycles. The summed E-state index contributed by atoms with van der Waals surface area (Å²) in [5.41, 5.74) is -0.422. The third-order valence-electron chi connectivity index (χ3n) is 2.79. The molecule has 0 saturated carbocycles. The molecule has 0 unspecified atom stereocenters. The van der Waals surface area contributed by atoms with Gasteiger partial charge in [0, 0.05) is 9.79 Å². The molecular weight excluding hydrogens is 308 g/mol. The van der Waals surface area contributed by atoms with E-state index in [9.17, 15) is 14.4 Å². The van der Waals surface area contributed by atoms with E-state index in [0.29, 0.717) is 9.79 Å². The van der Waals surface area contributed by atoms with Crippen LogP contribution in [0.1, 0.15) is 31.1 Å². The van der Waals surface area contributed by atoms with Gasteiger partial charge in [-0.05, 0) is 42.5 Å². The summed E-state index contributed by atoms with van der Waals surface area (Å²) >= 11 is 1.21. The Kier molecular flexibility index (Phi) is 4.47. The maximum absolute atomic E-state index is 11.1. The van der Waals surface area contributed by atoms with E-state index in [4.69, 9.17) is 15.3 Å². The Labute approximate surface area is 129 Å². The molecule has 2 rings (SSSR count). The number of rotatable bonds is 5. The maximum Gasteiger partial charge on any atom is 0.336 e. The second-order valence-corrected chi connectivity index (χ2v) is 5.40. The Morgan fingerprint density at radius 2 is 1.23 bits per heavy atom. The van der Waals surface area contributed by atoms with Crippen LogP contribution in [0.15, 0.2) is 52.3 Å². The lowest BCUT2D eigenvalue weighted by Crippen LogP contribution is -2.07. The number of carbonyl (C=O) groups is 3. The van der Waals surface area contributed by atoms with E-state index in [2.05, 4.69) is 0 Å². The largest absolute Gasteiger partial charge is 0.478 e. The van der Waals surface area contributed by atoms with Gasteiger partial charge in [0.25, 0.3) is 0 Å². The van der Waals surface area contributed by atoms with Gasteiger partial charge in [0.1, 0.15) is 0 Å². The topological polar surface area (TPSA) is 112 Å². The Hall–Kier alpha value is -2.80. The highest BCUT2D eigenvalue weighted by Crippen LogP contribution is 2.29. The number of aromatic carboxylic acids is 3. The molecule has 0 atom stereocenters. The van der Waals surface area contributed by atoms with E-state index in [0.717, 1.165) is 0 Å². The Morgan fingerprint density at radius 3 is 1.73 bits per heavy atom. The maximum atomic E-state index is 11.1. The number of carboxylic acids is 3. The van der Waals surface area contributed by atoms with Crippen molar-refractivity contribution in [2.75, 3.05) is 0 Å². The van der Waals surface area contributed by atoms with Gasteiger partial charge in [-0.15, -0.1) is 0 Å². The predicted molar refractivity (Wildman–Crippen MR) is 77.9 cm³/mol. The standard InChI is InChI=1S/C15H10O6S/c16-13(17)8-1-3-9(4-2-8)22-10-5-6-11(14(18)19)12(7-10)15(20)21/h1-7H,(H,16,17)(H,18,19)(H,20,21). The van der Waals surface area contributed by atoms with E-state index >= 15 is 0 Å². The minimum absolute atomic E-state index is 0.150. The normalized spacial score (nSPS) is 10.2. The summed E-state index contributed by atoms with van der Waals surface area (Å²) < 4.78 is 0. The average molecular weight is 318 g/mol. The Morgan fingerprint density at radius 1 is 0.682 bits per heavy atom. The minimum Gasteiger partial charge on any atom is -0.478 e. The highest BCUT2D eigenvalue weighted by molar-refractivity contribution is 7.99. The molecule has 0 saturated heterocycles. The molecule has 0 radical (unpaired) electrons.